The van der Waals surface area contributed by atoms with E-state index >= 15 is 0 Å². The number of rotatable bonds is 4. The van der Waals surface area contributed by atoms with Crippen molar-refractivity contribution in [3.63, 3.8) is 0 Å². The Kier molecular flexibility index (Phi) is 6.28. The Hall–Kier alpha value is -1.29. The van der Waals surface area contributed by atoms with Crippen molar-refractivity contribution in [2.75, 3.05) is 13.1 Å². The minimum atomic E-state index is -0.823. The summed E-state index contributed by atoms with van der Waals surface area (Å²) < 4.78 is 0. The Bertz CT molecular complexity index is 725. The Morgan fingerprint density at radius 2 is 1.96 bits per heavy atom. The van der Waals surface area contributed by atoms with Gasteiger partial charge in [0.25, 0.3) is 0 Å². The number of aryl methyl sites for hydroxylation is 1. The fourth-order valence-corrected chi connectivity index (χ4v) is 2.88. The molecule has 0 saturated heterocycles. The van der Waals surface area contributed by atoms with Crippen LogP contribution in [0.3, 0.4) is 0 Å². The first-order valence-electron chi connectivity index (χ1n) is 7.34. The first-order chi connectivity index (χ1) is 10.6. The third-order valence-corrected chi connectivity index (χ3v) is 3.93. The number of hydrogen-bond donors (Lipinski definition) is 1. The monoisotopic (exact) mass is 381 g/mol. The summed E-state index contributed by atoms with van der Waals surface area (Å²) in [6.45, 7) is 3.89. The summed E-state index contributed by atoms with van der Waals surface area (Å²) in [4.78, 5) is 13.7. The van der Waals surface area contributed by atoms with Crippen LogP contribution in [0.2, 0.25) is 0 Å². The molecule has 115 valence electrons. The first-order valence-corrected chi connectivity index (χ1v) is 7.34. The quantitative estimate of drug-likeness (QED) is 0.828. The fraction of sp³-hybridized carbons (Fsp3) is 0.211. The SMILES string of the molecule is Cc1[c-]ccc(C2=C(C(=O)O)CN(Cc3ccccc3)C2)c1.[Y]. The Balaban J connectivity index is 0.00000192. The van der Waals surface area contributed by atoms with Crippen LogP contribution in [0.15, 0.2) is 54.1 Å². The molecule has 1 heterocycles. The van der Waals surface area contributed by atoms with Crippen LogP contribution in [0, 0.1) is 13.0 Å². The van der Waals surface area contributed by atoms with E-state index in [4.69, 9.17) is 0 Å². The maximum Gasteiger partial charge on any atom is 0.333 e. The van der Waals surface area contributed by atoms with Crippen molar-refractivity contribution in [1.29, 1.82) is 0 Å². The number of nitrogens with zero attached hydrogens (tertiary/aromatic N) is 1. The summed E-state index contributed by atoms with van der Waals surface area (Å²) in [5, 5.41) is 9.51. The summed E-state index contributed by atoms with van der Waals surface area (Å²) in [7, 11) is 0. The average Bonchev–Trinajstić information content (AvgIpc) is 2.92. The molecule has 0 atom stereocenters. The molecule has 1 aliphatic rings. The van der Waals surface area contributed by atoms with Gasteiger partial charge in [-0.15, -0.1) is 5.56 Å². The van der Waals surface area contributed by atoms with Crippen LogP contribution >= 0.6 is 0 Å². The molecule has 1 aliphatic heterocycles. The maximum atomic E-state index is 11.6. The molecule has 0 spiro atoms. The molecule has 0 aliphatic carbocycles. The molecule has 1 radical (unpaired) electrons. The summed E-state index contributed by atoms with van der Waals surface area (Å²) in [5.74, 6) is -0.823. The van der Waals surface area contributed by atoms with Gasteiger partial charge >= 0.3 is 5.97 Å². The summed E-state index contributed by atoms with van der Waals surface area (Å²) >= 11 is 0. The van der Waals surface area contributed by atoms with Gasteiger partial charge in [-0.25, -0.2) is 4.79 Å². The topological polar surface area (TPSA) is 40.5 Å². The second-order valence-corrected chi connectivity index (χ2v) is 5.65. The molecule has 0 saturated carbocycles. The zero-order valence-electron chi connectivity index (χ0n) is 13.1. The average molecular weight is 381 g/mol. The van der Waals surface area contributed by atoms with Crippen molar-refractivity contribution in [3.8, 4) is 0 Å². The third kappa shape index (κ3) is 4.38. The molecule has 0 unspecified atom stereocenters. The Morgan fingerprint density at radius 1 is 1.22 bits per heavy atom. The van der Waals surface area contributed by atoms with Crippen LogP contribution in [-0.2, 0) is 44.0 Å². The van der Waals surface area contributed by atoms with Gasteiger partial charge in [0.15, 0.2) is 0 Å². The molecule has 3 rings (SSSR count). The number of aliphatic carboxylic acids is 1. The Morgan fingerprint density at radius 3 is 2.61 bits per heavy atom. The van der Waals surface area contributed by atoms with E-state index in [1.54, 1.807) is 0 Å². The molecule has 23 heavy (non-hydrogen) atoms. The smallest absolute Gasteiger partial charge is 0.333 e. The molecule has 0 aromatic heterocycles. The van der Waals surface area contributed by atoms with Crippen LogP contribution in [0.4, 0.5) is 0 Å². The van der Waals surface area contributed by atoms with Crippen molar-refractivity contribution in [1.82, 2.24) is 4.90 Å². The molecular formula is C19H18NO2Y-. The van der Waals surface area contributed by atoms with E-state index in [0.717, 1.165) is 23.2 Å². The maximum absolute atomic E-state index is 11.6. The number of carboxylic acids is 1. The van der Waals surface area contributed by atoms with Crippen LogP contribution < -0.4 is 0 Å². The van der Waals surface area contributed by atoms with E-state index in [1.165, 1.54) is 5.56 Å². The van der Waals surface area contributed by atoms with Crippen molar-refractivity contribution < 1.29 is 42.6 Å². The fourth-order valence-electron chi connectivity index (χ4n) is 2.88. The zero-order chi connectivity index (χ0) is 15.5. The van der Waals surface area contributed by atoms with Gasteiger partial charge in [-0.1, -0.05) is 37.3 Å². The largest absolute Gasteiger partial charge is 0.478 e. The summed E-state index contributed by atoms with van der Waals surface area (Å²) in [5.41, 5.74) is 4.63. The normalized spacial score (nSPS) is 14.7. The minimum Gasteiger partial charge on any atom is -0.478 e. The molecular weight excluding hydrogens is 363 g/mol. The van der Waals surface area contributed by atoms with E-state index in [2.05, 4.69) is 23.1 Å². The number of benzene rings is 2. The van der Waals surface area contributed by atoms with E-state index < -0.39 is 5.97 Å². The van der Waals surface area contributed by atoms with E-state index in [-0.39, 0.29) is 32.7 Å². The van der Waals surface area contributed by atoms with E-state index in [0.29, 0.717) is 18.7 Å². The molecule has 0 amide bonds. The second kappa shape index (κ2) is 8.00. The molecule has 4 heteroatoms. The number of hydrogen-bond acceptors (Lipinski definition) is 2. The predicted octanol–water partition coefficient (Wildman–Crippen LogP) is 3.15. The van der Waals surface area contributed by atoms with Gasteiger partial charge in [0.1, 0.15) is 0 Å². The second-order valence-electron chi connectivity index (χ2n) is 5.65. The Labute approximate surface area is 161 Å². The van der Waals surface area contributed by atoms with Crippen LogP contribution in [-0.4, -0.2) is 29.1 Å². The van der Waals surface area contributed by atoms with Gasteiger partial charge in [0, 0.05) is 52.3 Å². The zero-order valence-corrected chi connectivity index (χ0v) is 16.0. The van der Waals surface area contributed by atoms with Gasteiger partial charge < -0.3 is 5.11 Å². The third-order valence-electron chi connectivity index (χ3n) is 3.93. The standard InChI is InChI=1S/C19H18NO2.Y/c1-14-6-5-9-16(10-14)17-12-20(13-18(17)19(21)22)11-15-7-3-2-4-8-15;/h2-5,7-10H,11-13H2,1H3,(H,21,22);/q-1;. The van der Waals surface area contributed by atoms with Crippen LogP contribution in [0.1, 0.15) is 16.7 Å². The first kappa shape index (κ1) is 18.1. The van der Waals surface area contributed by atoms with Crippen molar-refractivity contribution in [2.24, 2.45) is 0 Å². The van der Waals surface area contributed by atoms with Gasteiger partial charge in [-0.05, 0) is 11.1 Å². The minimum absolute atomic E-state index is 0. The molecule has 2 aromatic rings. The van der Waals surface area contributed by atoms with Gasteiger partial charge in [-0.3, -0.25) is 4.90 Å². The molecule has 0 bridgehead atoms. The molecule has 1 N–H and O–H groups in total. The summed E-state index contributed by atoms with van der Waals surface area (Å²) in [6, 6.07) is 19.1. The number of carboxylic acid groups (broad SMARTS) is 1. The van der Waals surface area contributed by atoms with Crippen molar-refractivity contribution >= 4 is 11.5 Å². The molecule has 2 aromatic carbocycles. The van der Waals surface area contributed by atoms with E-state index in [9.17, 15) is 9.90 Å². The van der Waals surface area contributed by atoms with Gasteiger partial charge in [0.05, 0.1) is 5.57 Å². The van der Waals surface area contributed by atoms with Crippen molar-refractivity contribution in [2.45, 2.75) is 13.5 Å². The van der Waals surface area contributed by atoms with Crippen LogP contribution in [0.5, 0.6) is 0 Å². The van der Waals surface area contributed by atoms with E-state index in [1.807, 2.05) is 43.3 Å². The number of carbonyl (C=O) groups is 1. The van der Waals surface area contributed by atoms with Gasteiger partial charge in [0.2, 0.25) is 0 Å². The molecule has 3 nitrogen and oxygen atoms in total. The van der Waals surface area contributed by atoms with Crippen molar-refractivity contribution in [3.05, 3.63) is 76.9 Å². The molecule has 0 fully saturated rings. The van der Waals surface area contributed by atoms with Gasteiger partial charge in [-0.2, -0.15) is 29.8 Å². The van der Waals surface area contributed by atoms with Crippen LogP contribution in [0.25, 0.3) is 5.57 Å². The predicted molar refractivity (Wildman–Crippen MR) is 86.3 cm³/mol. The summed E-state index contributed by atoms with van der Waals surface area (Å²) in [6.07, 6.45) is 0.